The molecule has 0 saturated heterocycles. The van der Waals surface area contributed by atoms with Gasteiger partial charge in [-0.2, -0.15) is 0 Å². The first kappa shape index (κ1) is 13.0. The third-order valence-corrected chi connectivity index (χ3v) is 3.12. The second-order valence-corrected chi connectivity index (χ2v) is 4.48. The number of nitrogens with one attached hydrogen (secondary N) is 1. The first-order valence-electron chi connectivity index (χ1n) is 5.39. The SMILES string of the molecule is CNc1cc(COc2ccc(Cl)c(Cl)c2)ccn1. The molecule has 18 heavy (non-hydrogen) atoms. The van der Waals surface area contributed by atoms with Crippen molar-refractivity contribution in [3.63, 3.8) is 0 Å². The normalized spacial score (nSPS) is 10.2. The van der Waals surface area contributed by atoms with Gasteiger partial charge in [-0.25, -0.2) is 4.98 Å². The molecule has 0 saturated carbocycles. The summed E-state index contributed by atoms with van der Waals surface area (Å²) in [6.07, 6.45) is 1.74. The lowest BCUT2D eigenvalue weighted by Gasteiger charge is -2.08. The maximum absolute atomic E-state index is 5.91. The zero-order chi connectivity index (χ0) is 13.0. The van der Waals surface area contributed by atoms with Gasteiger partial charge in [-0.1, -0.05) is 23.2 Å². The molecule has 1 N–H and O–H groups in total. The highest BCUT2D eigenvalue weighted by Gasteiger charge is 2.01. The van der Waals surface area contributed by atoms with E-state index in [-0.39, 0.29) is 0 Å². The van der Waals surface area contributed by atoms with Gasteiger partial charge in [0.15, 0.2) is 0 Å². The van der Waals surface area contributed by atoms with Crippen LogP contribution in [-0.4, -0.2) is 12.0 Å². The summed E-state index contributed by atoms with van der Waals surface area (Å²) in [5, 5.41) is 3.98. The first-order valence-corrected chi connectivity index (χ1v) is 6.15. The van der Waals surface area contributed by atoms with Crippen LogP contribution in [-0.2, 0) is 6.61 Å². The highest BCUT2D eigenvalue weighted by molar-refractivity contribution is 6.42. The summed E-state index contributed by atoms with van der Waals surface area (Å²) in [5.41, 5.74) is 1.03. The smallest absolute Gasteiger partial charge is 0.126 e. The average Bonchev–Trinajstić information content (AvgIpc) is 2.40. The topological polar surface area (TPSA) is 34.1 Å². The standard InChI is InChI=1S/C13H12Cl2N2O/c1-16-13-6-9(4-5-17-13)8-18-10-2-3-11(14)12(15)7-10/h2-7H,8H2,1H3,(H,16,17). The quantitative estimate of drug-likeness (QED) is 0.920. The van der Waals surface area contributed by atoms with Crippen LogP contribution in [0.3, 0.4) is 0 Å². The van der Waals surface area contributed by atoms with Crippen LogP contribution in [0.25, 0.3) is 0 Å². The molecular formula is C13H12Cl2N2O. The maximum Gasteiger partial charge on any atom is 0.126 e. The highest BCUT2D eigenvalue weighted by Crippen LogP contribution is 2.26. The van der Waals surface area contributed by atoms with Crippen molar-refractivity contribution in [1.82, 2.24) is 4.98 Å². The van der Waals surface area contributed by atoms with E-state index < -0.39 is 0 Å². The van der Waals surface area contributed by atoms with Gasteiger partial charge in [0.1, 0.15) is 18.2 Å². The van der Waals surface area contributed by atoms with E-state index in [1.54, 1.807) is 24.4 Å². The minimum absolute atomic E-state index is 0.454. The van der Waals surface area contributed by atoms with Crippen molar-refractivity contribution < 1.29 is 4.74 Å². The number of pyridine rings is 1. The maximum atomic E-state index is 5.91. The van der Waals surface area contributed by atoms with Crippen LogP contribution >= 0.6 is 23.2 Å². The van der Waals surface area contributed by atoms with Crippen molar-refractivity contribution in [3.05, 3.63) is 52.1 Å². The van der Waals surface area contributed by atoms with E-state index in [0.717, 1.165) is 11.4 Å². The molecule has 0 spiro atoms. The van der Waals surface area contributed by atoms with E-state index in [2.05, 4.69) is 10.3 Å². The molecule has 0 unspecified atom stereocenters. The van der Waals surface area contributed by atoms with Crippen molar-refractivity contribution >= 4 is 29.0 Å². The second kappa shape index (κ2) is 5.94. The summed E-state index contributed by atoms with van der Waals surface area (Å²) in [6, 6.07) is 9.03. The molecule has 0 bridgehead atoms. The number of rotatable bonds is 4. The second-order valence-electron chi connectivity index (χ2n) is 3.66. The molecule has 0 amide bonds. The number of hydrogen-bond acceptors (Lipinski definition) is 3. The molecule has 0 atom stereocenters. The number of anilines is 1. The Balaban J connectivity index is 2.04. The van der Waals surface area contributed by atoms with E-state index in [4.69, 9.17) is 27.9 Å². The fourth-order valence-corrected chi connectivity index (χ4v) is 1.72. The predicted octanol–water partition coefficient (Wildman–Crippen LogP) is 4.01. The fourth-order valence-electron chi connectivity index (χ4n) is 1.43. The number of benzene rings is 1. The Bertz CT molecular complexity index is 546. The number of halogens is 2. The Morgan fingerprint density at radius 1 is 1.17 bits per heavy atom. The van der Waals surface area contributed by atoms with Gasteiger partial charge < -0.3 is 10.1 Å². The number of nitrogens with zero attached hydrogens (tertiary/aromatic N) is 1. The molecule has 1 aromatic heterocycles. The zero-order valence-electron chi connectivity index (χ0n) is 9.78. The largest absolute Gasteiger partial charge is 0.489 e. The molecule has 94 valence electrons. The van der Waals surface area contributed by atoms with Crippen molar-refractivity contribution in [2.24, 2.45) is 0 Å². The molecule has 1 aromatic carbocycles. The number of ether oxygens (including phenoxy) is 1. The van der Waals surface area contributed by atoms with Gasteiger partial charge >= 0.3 is 0 Å². The van der Waals surface area contributed by atoms with Crippen molar-refractivity contribution in [3.8, 4) is 5.75 Å². The Morgan fingerprint density at radius 2 is 2.00 bits per heavy atom. The van der Waals surface area contributed by atoms with Gasteiger partial charge in [0, 0.05) is 19.3 Å². The Kier molecular flexibility index (Phi) is 4.28. The third-order valence-electron chi connectivity index (χ3n) is 2.38. The Hall–Kier alpha value is -1.45. The van der Waals surface area contributed by atoms with E-state index in [1.165, 1.54) is 0 Å². The van der Waals surface area contributed by atoms with Gasteiger partial charge in [-0.15, -0.1) is 0 Å². The summed E-state index contributed by atoms with van der Waals surface area (Å²) in [5.74, 6) is 1.50. The summed E-state index contributed by atoms with van der Waals surface area (Å²) < 4.78 is 5.63. The predicted molar refractivity (Wildman–Crippen MR) is 74.6 cm³/mol. The molecule has 0 aliphatic heterocycles. The molecule has 1 heterocycles. The lowest BCUT2D eigenvalue weighted by atomic mass is 10.3. The van der Waals surface area contributed by atoms with Gasteiger partial charge in [-0.05, 0) is 29.8 Å². The van der Waals surface area contributed by atoms with E-state index >= 15 is 0 Å². The van der Waals surface area contributed by atoms with Crippen molar-refractivity contribution in [2.75, 3.05) is 12.4 Å². The molecule has 2 rings (SSSR count). The molecular weight excluding hydrogens is 271 g/mol. The van der Waals surface area contributed by atoms with Crippen LogP contribution in [0.15, 0.2) is 36.5 Å². The Labute approximate surface area is 116 Å². The molecule has 5 heteroatoms. The van der Waals surface area contributed by atoms with Crippen LogP contribution in [0.4, 0.5) is 5.82 Å². The van der Waals surface area contributed by atoms with Crippen molar-refractivity contribution in [1.29, 1.82) is 0 Å². The zero-order valence-corrected chi connectivity index (χ0v) is 11.3. The molecule has 2 aromatic rings. The highest BCUT2D eigenvalue weighted by atomic mass is 35.5. The molecule has 0 aliphatic carbocycles. The van der Waals surface area contributed by atoms with Gasteiger partial charge in [0.05, 0.1) is 10.0 Å². The lowest BCUT2D eigenvalue weighted by Crippen LogP contribution is -1.98. The summed E-state index contributed by atoms with van der Waals surface area (Å²) in [7, 11) is 1.83. The molecule has 0 aliphatic rings. The van der Waals surface area contributed by atoms with E-state index in [9.17, 15) is 0 Å². The lowest BCUT2D eigenvalue weighted by molar-refractivity contribution is 0.306. The monoisotopic (exact) mass is 282 g/mol. The van der Waals surface area contributed by atoms with Gasteiger partial charge in [0.25, 0.3) is 0 Å². The van der Waals surface area contributed by atoms with Crippen LogP contribution in [0.1, 0.15) is 5.56 Å². The van der Waals surface area contributed by atoms with Crippen molar-refractivity contribution in [2.45, 2.75) is 6.61 Å². The number of hydrogen-bond donors (Lipinski definition) is 1. The number of aromatic nitrogens is 1. The average molecular weight is 283 g/mol. The molecule has 0 radical (unpaired) electrons. The third kappa shape index (κ3) is 3.28. The van der Waals surface area contributed by atoms with Crippen LogP contribution < -0.4 is 10.1 Å². The van der Waals surface area contributed by atoms with Gasteiger partial charge in [0.2, 0.25) is 0 Å². The summed E-state index contributed by atoms with van der Waals surface area (Å²) in [4.78, 5) is 4.13. The minimum Gasteiger partial charge on any atom is -0.489 e. The fraction of sp³-hybridized carbons (Fsp3) is 0.154. The minimum atomic E-state index is 0.454. The van der Waals surface area contributed by atoms with Crippen LogP contribution in [0.2, 0.25) is 10.0 Å². The molecule has 3 nitrogen and oxygen atoms in total. The van der Waals surface area contributed by atoms with Crippen LogP contribution in [0.5, 0.6) is 5.75 Å². The van der Waals surface area contributed by atoms with E-state index in [1.807, 2.05) is 19.2 Å². The van der Waals surface area contributed by atoms with E-state index in [0.29, 0.717) is 22.4 Å². The first-order chi connectivity index (χ1) is 8.69. The van der Waals surface area contributed by atoms with Gasteiger partial charge in [-0.3, -0.25) is 0 Å². The summed E-state index contributed by atoms with van der Waals surface area (Å²) in [6.45, 7) is 0.454. The summed E-state index contributed by atoms with van der Waals surface area (Å²) >= 11 is 11.7. The molecule has 0 fully saturated rings. The van der Waals surface area contributed by atoms with Crippen LogP contribution in [0, 0.1) is 0 Å². The Morgan fingerprint density at radius 3 is 2.72 bits per heavy atom.